The number of methoxy groups -OCH3 is 2. The van der Waals surface area contributed by atoms with E-state index in [1.54, 1.807) is 14.2 Å². The van der Waals surface area contributed by atoms with Crippen molar-refractivity contribution in [3.05, 3.63) is 112 Å². The number of hydrogen-bond donors (Lipinski definition) is 3. The molecule has 0 saturated carbocycles. The van der Waals surface area contributed by atoms with Crippen molar-refractivity contribution in [3.63, 3.8) is 0 Å². The van der Waals surface area contributed by atoms with Crippen molar-refractivity contribution < 1.29 is 37.7 Å². The van der Waals surface area contributed by atoms with Gasteiger partial charge in [0.25, 0.3) is 10.0 Å². The highest BCUT2D eigenvalue weighted by Gasteiger charge is 2.30. The zero-order chi connectivity index (χ0) is 34.6. The van der Waals surface area contributed by atoms with Crippen LogP contribution in [0.15, 0.2) is 78.0 Å². The Bertz CT molecular complexity index is 1870. The zero-order valence-corrected chi connectivity index (χ0v) is 28.4. The van der Waals surface area contributed by atoms with E-state index in [0.29, 0.717) is 29.5 Å². The summed E-state index contributed by atoms with van der Waals surface area (Å²) in [5.74, 6) is -0.645. The van der Waals surface area contributed by atoms with Crippen molar-refractivity contribution in [1.29, 1.82) is 0 Å². The monoisotopic (exact) mass is 674 g/mol. The van der Waals surface area contributed by atoms with E-state index in [9.17, 15) is 28.2 Å². The first-order valence-electron chi connectivity index (χ1n) is 15.9. The van der Waals surface area contributed by atoms with E-state index in [1.807, 2.05) is 46.8 Å². The number of aromatic nitrogens is 1. The number of nitrogens with zero attached hydrogens (tertiary/aromatic N) is 1. The van der Waals surface area contributed by atoms with E-state index in [4.69, 9.17) is 9.47 Å². The third-order valence-electron chi connectivity index (χ3n) is 9.19. The lowest BCUT2D eigenvalue weighted by Gasteiger charge is -2.27. The summed E-state index contributed by atoms with van der Waals surface area (Å²) in [5, 5.41) is 21.3. The fourth-order valence-electron chi connectivity index (χ4n) is 6.81. The summed E-state index contributed by atoms with van der Waals surface area (Å²) >= 11 is 0. The van der Waals surface area contributed by atoms with Gasteiger partial charge < -0.3 is 24.3 Å². The average Bonchev–Trinajstić information content (AvgIpc) is 3.69. The highest BCUT2D eigenvalue weighted by atomic mass is 32.2. The standard InChI is InChI=1S/C37H42N2O8S/c1-23-8-7-11-31(37(42)43)36(23)48(44,45)38-34(40)13-12-25-14-15-39(21-25)22-30(18-26-16-27-9-5-6-10-28(27)17-26)35(41)29-19-32(46-3)24(2)33(20-29)47-4/h5-11,14-15,19-21,26,30,35,41H,12-13,16-18,22H2,1-4H3,(H,38,40)(H,42,43)/t30-,35+/m0/s1. The van der Waals surface area contributed by atoms with E-state index in [2.05, 4.69) is 24.3 Å². The second-order valence-electron chi connectivity index (χ2n) is 12.5. The second-order valence-corrected chi connectivity index (χ2v) is 14.2. The maximum atomic E-state index is 13.0. The molecule has 1 aliphatic carbocycles. The zero-order valence-electron chi connectivity index (χ0n) is 27.6. The molecule has 3 N–H and O–H groups in total. The molecule has 48 heavy (non-hydrogen) atoms. The molecule has 0 bridgehead atoms. The minimum absolute atomic E-state index is 0.118. The number of amides is 1. The molecule has 0 aliphatic heterocycles. The number of nitrogens with one attached hydrogen (secondary N) is 1. The van der Waals surface area contributed by atoms with Gasteiger partial charge in [0.15, 0.2) is 0 Å². The summed E-state index contributed by atoms with van der Waals surface area (Å²) in [5.41, 5.74) is 4.91. The Kier molecular flexibility index (Phi) is 10.6. The first-order valence-corrected chi connectivity index (χ1v) is 17.4. The molecule has 0 radical (unpaired) electrons. The predicted molar refractivity (Wildman–Crippen MR) is 181 cm³/mol. The summed E-state index contributed by atoms with van der Waals surface area (Å²) in [6.45, 7) is 3.90. The number of ether oxygens (including phenoxy) is 2. The number of benzene rings is 3. The first kappa shape index (κ1) is 34.7. The van der Waals surface area contributed by atoms with Crippen LogP contribution < -0.4 is 14.2 Å². The first-order chi connectivity index (χ1) is 22.9. The van der Waals surface area contributed by atoms with Crippen LogP contribution in [0.2, 0.25) is 0 Å². The number of aromatic carboxylic acids is 1. The van der Waals surface area contributed by atoms with Gasteiger partial charge in [0.2, 0.25) is 5.91 Å². The molecule has 5 rings (SSSR count). The molecule has 0 saturated heterocycles. The third kappa shape index (κ3) is 7.74. The van der Waals surface area contributed by atoms with E-state index >= 15 is 0 Å². The van der Waals surface area contributed by atoms with Crippen LogP contribution in [-0.4, -0.2) is 49.3 Å². The number of aliphatic hydroxyl groups excluding tert-OH is 1. The van der Waals surface area contributed by atoms with Crippen LogP contribution in [0.25, 0.3) is 0 Å². The molecular weight excluding hydrogens is 632 g/mol. The Hall–Kier alpha value is -4.61. The largest absolute Gasteiger partial charge is 0.496 e. The van der Waals surface area contributed by atoms with Gasteiger partial charge in [-0.1, -0.05) is 36.4 Å². The summed E-state index contributed by atoms with van der Waals surface area (Å²) in [6, 6.07) is 18.2. The maximum Gasteiger partial charge on any atom is 0.337 e. The van der Waals surface area contributed by atoms with Gasteiger partial charge in [0, 0.05) is 36.8 Å². The quantitative estimate of drug-likeness (QED) is 0.161. The number of carboxylic acids is 1. The number of sulfonamides is 1. The lowest BCUT2D eigenvalue weighted by Crippen LogP contribution is -2.32. The smallest absolute Gasteiger partial charge is 0.337 e. The second kappa shape index (κ2) is 14.7. The lowest BCUT2D eigenvalue weighted by molar-refractivity contribution is -0.119. The Balaban J connectivity index is 1.30. The minimum atomic E-state index is -4.39. The van der Waals surface area contributed by atoms with Crippen LogP contribution in [-0.2, 0) is 40.6 Å². The van der Waals surface area contributed by atoms with Crippen molar-refractivity contribution in [1.82, 2.24) is 9.29 Å². The number of aliphatic hydroxyl groups is 1. The fraction of sp³-hybridized carbons (Fsp3) is 0.351. The maximum absolute atomic E-state index is 13.0. The van der Waals surface area contributed by atoms with Gasteiger partial charge in [0.1, 0.15) is 16.4 Å². The molecule has 1 heterocycles. The van der Waals surface area contributed by atoms with Crippen LogP contribution in [0.1, 0.15) is 62.7 Å². The minimum Gasteiger partial charge on any atom is -0.496 e. The summed E-state index contributed by atoms with van der Waals surface area (Å²) in [6.07, 6.45) is 5.83. The normalized spacial score (nSPS) is 14.3. The van der Waals surface area contributed by atoms with E-state index in [0.717, 1.165) is 30.4 Å². The Morgan fingerprint density at radius 1 is 0.979 bits per heavy atom. The topological polar surface area (TPSA) is 144 Å². The summed E-state index contributed by atoms with van der Waals surface area (Å²) in [7, 11) is -1.20. The molecular formula is C37H42N2O8S. The number of aryl methyl sites for hydroxylation is 2. The molecule has 254 valence electrons. The van der Waals surface area contributed by atoms with Crippen LogP contribution in [0.5, 0.6) is 11.5 Å². The van der Waals surface area contributed by atoms with Crippen molar-refractivity contribution in [2.45, 2.75) is 63.5 Å². The molecule has 3 aromatic carbocycles. The predicted octanol–water partition coefficient (Wildman–Crippen LogP) is 5.41. The van der Waals surface area contributed by atoms with Crippen LogP contribution in [0.3, 0.4) is 0 Å². The van der Waals surface area contributed by atoms with Crippen molar-refractivity contribution in [3.8, 4) is 11.5 Å². The number of carbonyl (C=O) groups excluding carboxylic acids is 1. The molecule has 4 aromatic rings. The molecule has 2 atom stereocenters. The highest BCUT2D eigenvalue weighted by Crippen LogP contribution is 2.39. The van der Waals surface area contributed by atoms with Gasteiger partial charge in [0.05, 0.1) is 25.9 Å². The molecule has 0 unspecified atom stereocenters. The SMILES string of the molecule is COc1cc([C@@H](O)[C@@H](CC2Cc3ccccc3C2)Cn2ccc(CCC(=O)NS(=O)(=O)c3c(C)cccc3C(=O)O)c2)cc(OC)c1C. The number of carbonyl (C=O) groups is 2. The van der Waals surface area contributed by atoms with Crippen LogP contribution in [0.4, 0.5) is 0 Å². The van der Waals surface area contributed by atoms with E-state index in [1.165, 1.54) is 36.2 Å². The lowest BCUT2D eigenvalue weighted by atomic mass is 9.85. The van der Waals surface area contributed by atoms with Gasteiger partial charge in [-0.3, -0.25) is 4.79 Å². The van der Waals surface area contributed by atoms with Crippen molar-refractivity contribution in [2.75, 3.05) is 14.2 Å². The van der Waals surface area contributed by atoms with Crippen molar-refractivity contribution >= 4 is 21.9 Å². The summed E-state index contributed by atoms with van der Waals surface area (Å²) in [4.78, 5) is 24.0. The third-order valence-corrected chi connectivity index (χ3v) is 10.8. The molecule has 1 aromatic heterocycles. The van der Waals surface area contributed by atoms with Gasteiger partial charge >= 0.3 is 5.97 Å². The number of fused-ring (bicyclic) bond motifs is 1. The van der Waals surface area contributed by atoms with Crippen LogP contribution >= 0.6 is 0 Å². The highest BCUT2D eigenvalue weighted by molar-refractivity contribution is 7.90. The molecule has 1 aliphatic rings. The molecule has 0 fully saturated rings. The number of hydrogen-bond acceptors (Lipinski definition) is 7. The Morgan fingerprint density at radius 2 is 1.62 bits per heavy atom. The van der Waals surface area contributed by atoms with Crippen LogP contribution in [0, 0.1) is 25.7 Å². The molecule has 1 amide bonds. The van der Waals surface area contributed by atoms with E-state index < -0.39 is 38.5 Å². The van der Waals surface area contributed by atoms with E-state index in [-0.39, 0.29) is 24.3 Å². The number of carboxylic acid groups (broad SMARTS) is 1. The van der Waals surface area contributed by atoms with Gasteiger partial charge in [-0.2, -0.15) is 0 Å². The molecule has 0 spiro atoms. The summed E-state index contributed by atoms with van der Waals surface area (Å²) < 4.78 is 41.2. The average molecular weight is 675 g/mol. The van der Waals surface area contributed by atoms with Gasteiger partial charge in [-0.15, -0.1) is 0 Å². The van der Waals surface area contributed by atoms with Gasteiger partial charge in [-0.05, 0) is 97.5 Å². The Morgan fingerprint density at radius 3 is 2.23 bits per heavy atom. The van der Waals surface area contributed by atoms with Gasteiger partial charge in [-0.25, -0.2) is 17.9 Å². The fourth-order valence-corrected chi connectivity index (χ4v) is 8.25. The number of rotatable bonds is 14. The Labute approximate surface area is 281 Å². The van der Waals surface area contributed by atoms with Crippen molar-refractivity contribution in [2.24, 2.45) is 11.8 Å². The molecule has 11 heteroatoms. The molecule has 10 nitrogen and oxygen atoms in total.